The fraction of sp³-hybridized carbons (Fsp3) is 0.526. The van der Waals surface area contributed by atoms with E-state index < -0.39 is 0 Å². The Bertz CT molecular complexity index is 612. The van der Waals surface area contributed by atoms with Crippen molar-refractivity contribution in [3.63, 3.8) is 0 Å². The molecule has 1 aromatic rings. The van der Waals surface area contributed by atoms with Crippen LogP contribution >= 0.6 is 0 Å². The van der Waals surface area contributed by atoms with Crippen molar-refractivity contribution >= 4 is 23.4 Å². The third kappa shape index (κ3) is 7.55. The summed E-state index contributed by atoms with van der Waals surface area (Å²) in [5.74, 6) is -0.00432. The molecule has 26 heavy (non-hydrogen) atoms. The minimum absolute atomic E-state index is 0.0506. The highest BCUT2D eigenvalue weighted by molar-refractivity contribution is 5.95. The van der Waals surface area contributed by atoms with Crippen molar-refractivity contribution in [1.82, 2.24) is 10.2 Å². The van der Waals surface area contributed by atoms with Gasteiger partial charge < -0.3 is 20.3 Å². The van der Waals surface area contributed by atoms with Gasteiger partial charge in [0.05, 0.1) is 20.2 Å². The number of nitrogens with one attached hydrogen (secondary N) is 2. The van der Waals surface area contributed by atoms with E-state index in [9.17, 15) is 14.4 Å². The van der Waals surface area contributed by atoms with Crippen LogP contribution in [0.15, 0.2) is 24.3 Å². The summed E-state index contributed by atoms with van der Waals surface area (Å²) in [6, 6.07) is 6.89. The molecule has 7 heteroatoms. The first-order chi connectivity index (χ1) is 12.2. The fourth-order valence-corrected chi connectivity index (χ4v) is 2.33. The van der Waals surface area contributed by atoms with E-state index in [2.05, 4.69) is 10.6 Å². The van der Waals surface area contributed by atoms with Crippen LogP contribution in [0.1, 0.15) is 27.7 Å². The van der Waals surface area contributed by atoms with Crippen LogP contribution in [0.3, 0.4) is 0 Å². The molecule has 0 radical (unpaired) electrons. The number of methoxy groups -OCH3 is 1. The molecule has 0 atom stereocenters. The Balaban J connectivity index is 2.49. The lowest BCUT2D eigenvalue weighted by Gasteiger charge is -2.25. The maximum absolute atomic E-state index is 12.2. The minimum Gasteiger partial charge on any atom is -0.497 e. The molecule has 0 bridgehead atoms. The van der Waals surface area contributed by atoms with Crippen molar-refractivity contribution < 1.29 is 19.1 Å². The lowest BCUT2D eigenvalue weighted by molar-refractivity contribution is -0.139. The summed E-state index contributed by atoms with van der Waals surface area (Å²) in [7, 11) is 1.57. The molecule has 3 amide bonds. The van der Waals surface area contributed by atoms with E-state index in [1.54, 1.807) is 45.2 Å². The topological polar surface area (TPSA) is 87.7 Å². The molecule has 0 saturated heterocycles. The zero-order valence-electron chi connectivity index (χ0n) is 16.2. The third-order valence-electron chi connectivity index (χ3n) is 3.55. The normalized spacial score (nSPS) is 10.6. The summed E-state index contributed by atoms with van der Waals surface area (Å²) in [6.07, 6.45) is 0. The number of nitrogens with zero attached hydrogens (tertiary/aromatic N) is 1. The summed E-state index contributed by atoms with van der Waals surface area (Å²) in [6.45, 7) is 7.87. The van der Waals surface area contributed by atoms with Crippen molar-refractivity contribution in [3.05, 3.63) is 24.3 Å². The first-order valence-corrected chi connectivity index (χ1v) is 8.72. The number of hydrogen-bond acceptors (Lipinski definition) is 4. The summed E-state index contributed by atoms with van der Waals surface area (Å²) in [5, 5.41) is 5.24. The van der Waals surface area contributed by atoms with E-state index in [1.165, 1.54) is 4.90 Å². The van der Waals surface area contributed by atoms with E-state index in [-0.39, 0.29) is 42.6 Å². The lowest BCUT2D eigenvalue weighted by atomic mass is 10.1. The first-order valence-electron chi connectivity index (χ1n) is 8.72. The van der Waals surface area contributed by atoms with Gasteiger partial charge in [-0.1, -0.05) is 27.7 Å². The summed E-state index contributed by atoms with van der Waals surface area (Å²) < 4.78 is 5.05. The second kappa shape index (κ2) is 10.4. The highest BCUT2D eigenvalue weighted by Gasteiger charge is 2.21. The Morgan fingerprint density at radius 1 is 1.04 bits per heavy atom. The molecule has 2 N–H and O–H groups in total. The van der Waals surface area contributed by atoms with Gasteiger partial charge in [0, 0.05) is 18.2 Å². The molecule has 0 aromatic heterocycles. The predicted octanol–water partition coefficient (Wildman–Crippen LogP) is 1.89. The van der Waals surface area contributed by atoms with Gasteiger partial charge in [-0.15, -0.1) is 0 Å². The molecule has 1 rings (SSSR count). The molecule has 7 nitrogen and oxygen atoms in total. The molecule has 0 aliphatic heterocycles. The Morgan fingerprint density at radius 3 is 2.15 bits per heavy atom. The predicted molar refractivity (Wildman–Crippen MR) is 101 cm³/mol. The molecule has 0 spiro atoms. The van der Waals surface area contributed by atoms with E-state index in [0.717, 1.165) is 0 Å². The van der Waals surface area contributed by atoms with Crippen LogP contribution in [0.5, 0.6) is 5.75 Å². The van der Waals surface area contributed by atoms with Gasteiger partial charge in [-0.25, -0.2) is 0 Å². The van der Waals surface area contributed by atoms with Gasteiger partial charge in [0.15, 0.2) is 0 Å². The molecule has 0 aliphatic rings. The van der Waals surface area contributed by atoms with Crippen LogP contribution in [-0.4, -0.2) is 49.4 Å². The Hall–Kier alpha value is -2.57. The number of hydrogen-bond donors (Lipinski definition) is 2. The van der Waals surface area contributed by atoms with Gasteiger partial charge in [0.2, 0.25) is 17.7 Å². The van der Waals surface area contributed by atoms with Gasteiger partial charge in [-0.3, -0.25) is 14.4 Å². The maximum Gasteiger partial charge on any atom is 0.243 e. The molecular formula is C19H29N3O4. The molecule has 0 unspecified atom stereocenters. The zero-order chi connectivity index (χ0) is 19.7. The average molecular weight is 363 g/mol. The summed E-state index contributed by atoms with van der Waals surface area (Å²) >= 11 is 0. The number of amides is 3. The second-order valence-corrected chi connectivity index (χ2v) is 6.82. The van der Waals surface area contributed by atoms with E-state index in [4.69, 9.17) is 4.74 Å². The van der Waals surface area contributed by atoms with Crippen LogP contribution in [0.25, 0.3) is 0 Å². The van der Waals surface area contributed by atoms with Crippen molar-refractivity contribution in [1.29, 1.82) is 0 Å². The molecule has 1 aromatic carbocycles. The van der Waals surface area contributed by atoms with E-state index >= 15 is 0 Å². The van der Waals surface area contributed by atoms with Gasteiger partial charge in [-0.05, 0) is 30.2 Å². The number of anilines is 1. The summed E-state index contributed by atoms with van der Waals surface area (Å²) in [5.41, 5.74) is 0.612. The number of carbonyl (C=O) groups is 3. The largest absolute Gasteiger partial charge is 0.497 e. The van der Waals surface area contributed by atoms with Gasteiger partial charge >= 0.3 is 0 Å². The van der Waals surface area contributed by atoms with Crippen LogP contribution in [0, 0.1) is 11.8 Å². The van der Waals surface area contributed by atoms with Gasteiger partial charge in [-0.2, -0.15) is 0 Å². The maximum atomic E-state index is 12.2. The van der Waals surface area contributed by atoms with Gasteiger partial charge in [0.25, 0.3) is 0 Å². The monoisotopic (exact) mass is 363 g/mol. The standard InChI is InChI=1S/C19H29N3O4/c1-13(2)11-22(19(25)14(3)4)12-18(24)20-10-17(23)21-15-6-8-16(26-5)9-7-15/h6-9,13-14H,10-12H2,1-5H3,(H,20,24)(H,21,23). The van der Waals surface area contributed by atoms with Crippen molar-refractivity contribution in [2.75, 3.05) is 32.1 Å². The Labute approximate surface area is 155 Å². The van der Waals surface area contributed by atoms with Crippen LogP contribution in [-0.2, 0) is 14.4 Å². The van der Waals surface area contributed by atoms with Crippen molar-refractivity contribution in [2.45, 2.75) is 27.7 Å². The zero-order valence-corrected chi connectivity index (χ0v) is 16.2. The van der Waals surface area contributed by atoms with Gasteiger partial charge in [0.1, 0.15) is 5.75 Å². The van der Waals surface area contributed by atoms with E-state index in [0.29, 0.717) is 18.0 Å². The minimum atomic E-state index is -0.357. The Kier molecular flexibility index (Phi) is 8.61. The SMILES string of the molecule is COc1ccc(NC(=O)CNC(=O)CN(CC(C)C)C(=O)C(C)C)cc1. The quantitative estimate of drug-likeness (QED) is 0.701. The van der Waals surface area contributed by atoms with Crippen LogP contribution in [0.2, 0.25) is 0 Å². The molecule has 0 aliphatic carbocycles. The lowest BCUT2D eigenvalue weighted by Crippen LogP contribution is -2.45. The Morgan fingerprint density at radius 2 is 1.65 bits per heavy atom. The number of rotatable bonds is 9. The van der Waals surface area contributed by atoms with Crippen LogP contribution in [0.4, 0.5) is 5.69 Å². The van der Waals surface area contributed by atoms with E-state index in [1.807, 2.05) is 13.8 Å². The number of carbonyl (C=O) groups excluding carboxylic acids is 3. The molecule has 0 fully saturated rings. The highest BCUT2D eigenvalue weighted by Crippen LogP contribution is 2.14. The fourth-order valence-electron chi connectivity index (χ4n) is 2.33. The second-order valence-electron chi connectivity index (χ2n) is 6.82. The summed E-state index contributed by atoms with van der Waals surface area (Å²) in [4.78, 5) is 37.8. The molecule has 0 heterocycles. The van der Waals surface area contributed by atoms with Crippen molar-refractivity contribution in [2.24, 2.45) is 11.8 Å². The first kappa shape index (κ1) is 21.5. The number of ether oxygens (including phenoxy) is 1. The third-order valence-corrected chi connectivity index (χ3v) is 3.55. The highest BCUT2D eigenvalue weighted by atomic mass is 16.5. The molecule has 144 valence electrons. The van der Waals surface area contributed by atoms with Crippen LogP contribution < -0.4 is 15.4 Å². The average Bonchev–Trinajstić information content (AvgIpc) is 2.59. The number of benzene rings is 1. The van der Waals surface area contributed by atoms with Crippen molar-refractivity contribution in [3.8, 4) is 5.75 Å². The smallest absolute Gasteiger partial charge is 0.243 e. The molecule has 0 saturated carbocycles. The molecular weight excluding hydrogens is 334 g/mol.